The summed E-state index contributed by atoms with van der Waals surface area (Å²) in [6.07, 6.45) is 3.82. The Bertz CT molecular complexity index is 1520. The molecule has 4 rings (SSSR count). The van der Waals surface area contributed by atoms with Crippen LogP contribution in [0, 0.1) is 5.92 Å². The van der Waals surface area contributed by atoms with Gasteiger partial charge in [0.1, 0.15) is 23.2 Å². The van der Waals surface area contributed by atoms with Crippen LogP contribution in [0.15, 0.2) is 82.1 Å². The van der Waals surface area contributed by atoms with Crippen LogP contribution >= 0.6 is 0 Å². The number of nitrogens with one attached hydrogen (secondary N) is 1. The second-order valence-electron chi connectivity index (χ2n) is 9.69. The normalized spacial score (nSPS) is 12.6. The van der Waals surface area contributed by atoms with E-state index in [0.29, 0.717) is 48.0 Å². The SMILES string of the molecule is CCC(C)C(NC(=O)c1cccc(CCCc2c(O)c3ccccc3oc2=O)c1)C(=O)N(C)c1ccccn1. The van der Waals surface area contributed by atoms with Crippen molar-refractivity contribution in [3.05, 3.63) is 100 Å². The van der Waals surface area contributed by atoms with E-state index in [9.17, 15) is 19.5 Å². The Kier molecular flexibility index (Phi) is 8.76. The lowest BCUT2D eigenvalue weighted by atomic mass is 9.97. The lowest BCUT2D eigenvalue weighted by molar-refractivity contribution is -0.121. The van der Waals surface area contributed by atoms with E-state index in [2.05, 4.69) is 10.3 Å². The fourth-order valence-corrected chi connectivity index (χ4v) is 4.51. The predicted octanol–water partition coefficient (Wildman–Crippen LogP) is 4.88. The molecular formula is C31H33N3O5. The fraction of sp³-hybridized carbons (Fsp3) is 0.290. The standard InChI is InChI=1S/C31H33N3O5/c1-4-20(2)27(30(37)34(3)26-17-7-8-18-32-26)33-29(36)22-13-9-11-21(19-22)12-10-15-24-28(35)23-14-5-6-16-25(23)39-31(24)38/h5-9,11,13-14,16-20,27,35H,4,10,12,15H2,1-3H3,(H,33,36). The van der Waals surface area contributed by atoms with Gasteiger partial charge in [0, 0.05) is 18.8 Å². The summed E-state index contributed by atoms with van der Waals surface area (Å²) in [6.45, 7) is 3.91. The Morgan fingerprint density at radius 1 is 1.05 bits per heavy atom. The highest BCUT2D eigenvalue weighted by atomic mass is 16.4. The summed E-state index contributed by atoms with van der Waals surface area (Å²) in [7, 11) is 1.65. The molecule has 2 aromatic heterocycles. The van der Waals surface area contributed by atoms with Crippen molar-refractivity contribution >= 4 is 28.6 Å². The largest absolute Gasteiger partial charge is 0.507 e. The number of pyridine rings is 1. The molecule has 8 nitrogen and oxygen atoms in total. The monoisotopic (exact) mass is 527 g/mol. The van der Waals surface area contributed by atoms with E-state index >= 15 is 0 Å². The second-order valence-corrected chi connectivity index (χ2v) is 9.69. The third kappa shape index (κ3) is 6.34. The zero-order chi connectivity index (χ0) is 27.9. The smallest absolute Gasteiger partial charge is 0.343 e. The highest BCUT2D eigenvalue weighted by Gasteiger charge is 2.30. The van der Waals surface area contributed by atoms with Crippen LogP contribution in [0.1, 0.15) is 48.2 Å². The quantitative estimate of drug-likeness (QED) is 0.284. The first-order valence-corrected chi connectivity index (χ1v) is 13.1. The lowest BCUT2D eigenvalue weighted by Crippen LogP contribution is -2.51. The van der Waals surface area contributed by atoms with Crippen LogP contribution < -0.4 is 15.8 Å². The molecule has 202 valence electrons. The minimum absolute atomic E-state index is 0.0496. The molecule has 4 aromatic rings. The number of aromatic nitrogens is 1. The maximum atomic E-state index is 13.3. The van der Waals surface area contributed by atoms with Gasteiger partial charge in [0.15, 0.2) is 0 Å². The number of aromatic hydroxyl groups is 1. The van der Waals surface area contributed by atoms with Gasteiger partial charge in [0.05, 0.1) is 10.9 Å². The number of likely N-dealkylation sites (N-methyl/N-ethyl adjacent to an activating group) is 1. The van der Waals surface area contributed by atoms with Crippen LogP contribution in [-0.2, 0) is 17.6 Å². The molecule has 0 bridgehead atoms. The van der Waals surface area contributed by atoms with Gasteiger partial charge >= 0.3 is 5.63 Å². The first-order chi connectivity index (χ1) is 18.8. The van der Waals surface area contributed by atoms with Crippen molar-refractivity contribution in [3.63, 3.8) is 0 Å². The van der Waals surface area contributed by atoms with Crippen LogP contribution in [-0.4, -0.2) is 35.0 Å². The number of para-hydroxylation sites is 1. The number of hydrogen-bond donors (Lipinski definition) is 2. The van der Waals surface area contributed by atoms with E-state index in [1.165, 1.54) is 4.90 Å². The summed E-state index contributed by atoms with van der Waals surface area (Å²) >= 11 is 0. The zero-order valence-electron chi connectivity index (χ0n) is 22.4. The number of carbonyl (C=O) groups excluding carboxylic acids is 2. The Balaban J connectivity index is 1.44. The zero-order valence-corrected chi connectivity index (χ0v) is 22.4. The molecule has 8 heteroatoms. The van der Waals surface area contributed by atoms with Crippen molar-refractivity contribution < 1.29 is 19.1 Å². The molecule has 2 heterocycles. The van der Waals surface area contributed by atoms with Gasteiger partial charge in [-0.05, 0) is 67.1 Å². The molecular weight excluding hydrogens is 494 g/mol. The van der Waals surface area contributed by atoms with Crippen molar-refractivity contribution in [3.8, 4) is 5.75 Å². The van der Waals surface area contributed by atoms with Crippen molar-refractivity contribution in [1.29, 1.82) is 0 Å². The molecule has 0 aliphatic rings. The van der Waals surface area contributed by atoms with Gasteiger partial charge in [-0.2, -0.15) is 0 Å². The summed E-state index contributed by atoms with van der Waals surface area (Å²) < 4.78 is 5.35. The molecule has 2 atom stereocenters. The van der Waals surface area contributed by atoms with Crippen LogP contribution in [0.5, 0.6) is 5.75 Å². The van der Waals surface area contributed by atoms with E-state index in [-0.39, 0.29) is 29.0 Å². The van der Waals surface area contributed by atoms with Crippen molar-refractivity contribution in [2.24, 2.45) is 5.92 Å². The van der Waals surface area contributed by atoms with Gasteiger partial charge in [-0.25, -0.2) is 9.78 Å². The Labute approximate surface area is 227 Å². The van der Waals surface area contributed by atoms with Crippen molar-refractivity contribution in [2.45, 2.75) is 45.6 Å². The predicted molar refractivity (Wildman–Crippen MR) is 151 cm³/mol. The Hall–Kier alpha value is -4.46. The number of hydrogen-bond acceptors (Lipinski definition) is 6. The summed E-state index contributed by atoms with van der Waals surface area (Å²) in [5.41, 5.74) is 1.40. The first-order valence-electron chi connectivity index (χ1n) is 13.1. The van der Waals surface area contributed by atoms with Gasteiger partial charge in [0.2, 0.25) is 0 Å². The third-order valence-electron chi connectivity index (χ3n) is 7.05. The number of nitrogens with zero attached hydrogens (tertiary/aromatic N) is 2. The number of benzene rings is 2. The molecule has 0 fully saturated rings. The maximum absolute atomic E-state index is 13.3. The highest BCUT2D eigenvalue weighted by molar-refractivity contribution is 6.02. The van der Waals surface area contributed by atoms with E-state index in [1.54, 1.807) is 67.8 Å². The molecule has 0 aliphatic heterocycles. The fourth-order valence-electron chi connectivity index (χ4n) is 4.51. The number of amides is 2. The molecule has 0 aliphatic carbocycles. The number of anilines is 1. The highest BCUT2D eigenvalue weighted by Crippen LogP contribution is 2.27. The molecule has 0 spiro atoms. The molecule has 2 aromatic carbocycles. The minimum atomic E-state index is -0.715. The van der Waals surface area contributed by atoms with Gasteiger partial charge < -0.3 is 14.8 Å². The summed E-state index contributed by atoms with van der Waals surface area (Å²) in [6, 6.07) is 18.7. The summed E-state index contributed by atoms with van der Waals surface area (Å²) in [5.74, 6) is -0.193. The second kappa shape index (κ2) is 12.4. The van der Waals surface area contributed by atoms with Crippen molar-refractivity contribution in [2.75, 3.05) is 11.9 Å². The van der Waals surface area contributed by atoms with E-state index in [0.717, 1.165) is 5.56 Å². The van der Waals surface area contributed by atoms with Gasteiger partial charge in [-0.1, -0.05) is 50.6 Å². The van der Waals surface area contributed by atoms with Crippen LogP contribution in [0.25, 0.3) is 11.0 Å². The van der Waals surface area contributed by atoms with E-state index in [1.807, 2.05) is 26.0 Å². The minimum Gasteiger partial charge on any atom is -0.507 e. The molecule has 0 radical (unpaired) electrons. The number of carbonyl (C=O) groups is 2. The van der Waals surface area contributed by atoms with E-state index in [4.69, 9.17) is 4.42 Å². The van der Waals surface area contributed by atoms with Gasteiger partial charge in [-0.15, -0.1) is 0 Å². The molecule has 39 heavy (non-hydrogen) atoms. The van der Waals surface area contributed by atoms with Gasteiger partial charge in [0.25, 0.3) is 11.8 Å². The molecule has 2 unspecified atom stereocenters. The summed E-state index contributed by atoms with van der Waals surface area (Å²) in [5, 5.41) is 14.0. The third-order valence-corrected chi connectivity index (χ3v) is 7.05. The van der Waals surface area contributed by atoms with Crippen LogP contribution in [0.3, 0.4) is 0 Å². The molecule has 0 saturated heterocycles. The molecule has 0 saturated carbocycles. The topological polar surface area (TPSA) is 113 Å². The van der Waals surface area contributed by atoms with E-state index < -0.39 is 11.7 Å². The number of rotatable bonds is 10. The number of fused-ring (bicyclic) bond motifs is 1. The van der Waals surface area contributed by atoms with Crippen LogP contribution in [0.4, 0.5) is 5.82 Å². The summed E-state index contributed by atoms with van der Waals surface area (Å²) in [4.78, 5) is 44.6. The first kappa shape index (κ1) is 27.6. The Morgan fingerprint density at radius 3 is 2.56 bits per heavy atom. The van der Waals surface area contributed by atoms with Crippen LogP contribution in [0.2, 0.25) is 0 Å². The molecule has 2 amide bonds. The Morgan fingerprint density at radius 2 is 1.82 bits per heavy atom. The average molecular weight is 528 g/mol. The number of aryl methyl sites for hydroxylation is 1. The maximum Gasteiger partial charge on any atom is 0.343 e. The van der Waals surface area contributed by atoms with Crippen molar-refractivity contribution in [1.82, 2.24) is 10.3 Å². The van der Waals surface area contributed by atoms with Gasteiger partial charge in [-0.3, -0.25) is 14.5 Å². The lowest BCUT2D eigenvalue weighted by Gasteiger charge is -2.28. The molecule has 2 N–H and O–H groups in total. The average Bonchev–Trinajstić information content (AvgIpc) is 2.97.